The molecular formula is C60H84N8O18. The molecule has 10 N–H and O–H groups in total. The van der Waals surface area contributed by atoms with Gasteiger partial charge in [0.1, 0.15) is 59.7 Å². The van der Waals surface area contributed by atoms with Crippen LogP contribution < -0.4 is 31.3 Å². The first-order valence-electron chi connectivity index (χ1n) is 29.6. The van der Waals surface area contributed by atoms with Crippen LogP contribution in [-0.2, 0) is 54.3 Å². The van der Waals surface area contributed by atoms with Crippen molar-refractivity contribution in [3.63, 3.8) is 0 Å². The van der Waals surface area contributed by atoms with Crippen molar-refractivity contribution < 1.29 is 87.7 Å². The smallest absolute Gasteiger partial charge is 0.243 e. The number of Topliss-reactive ketones (excluding diaryl/α,β-unsaturated/α-hetero) is 1. The fraction of sp³-hybridized carbons (Fsp3) is 0.633. The number of amides is 7. The quantitative estimate of drug-likeness (QED) is 0.0560. The number of nitrogens with one attached hydrogen (secondary N) is 5. The second kappa shape index (κ2) is 28.2. The van der Waals surface area contributed by atoms with Crippen LogP contribution in [0.5, 0.6) is 17.2 Å². The zero-order valence-corrected chi connectivity index (χ0v) is 50.4. The minimum atomic E-state index is -2.44. The summed E-state index contributed by atoms with van der Waals surface area (Å²) in [6.07, 6.45) is -5.78. The first-order chi connectivity index (χ1) is 40.6. The molecule has 3 heterocycles. The van der Waals surface area contributed by atoms with Gasteiger partial charge in [0.05, 0.1) is 55.1 Å². The average Bonchev–Trinajstić information content (AvgIpc) is 2.66. The number of nitrogens with zero attached hydrogens (tertiary/aromatic N) is 3. The minimum absolute atomic E-state index is 0.0151. The Kier molecular flexibility index (Phi) is 21.8. The van der Waals surface area contributed by atoms with E-state index in [0.29, 0.717) is 45.6 Å². The molecule has 0 spiro atoms. The number of hydrogen-bond acceptors (Lipinski definition) is 19. The molecule has 0 radical (unpaired) electrons. The number of ether oxygens (including phenoxy) is 3. The number of benzene rings is 2. The maximum absolute atomic E-state index is 14.4. The van der Waals surface area contributed by atoms with Crippen LogP contribution in [0.25, 0.3) is 0 Å². The van der Waals surface area contributed by atoms with Crippen molar-refractivity contribution >= 4 is 58.7 Å². The second-order valence-electron chi connectivity index (χ2n) is 24.5. The number of phenolic OH excluding ortho intramolecular Hbond substituents is 2. The topological polar surface area (TPSA) is 369 Å². The zero-order valence-electron chi connectivity index (χ0n) is 50.4. The van der Waals surface area contributed by atoms with Gasteiger partial charge in [-0.1, -0.05) is 53.7 Å². The van der Waals surface area contributed by atoms with Gasteiger partial charge in [-0.05, 0) is 62.8 Å². The molecular weight excluding hydrogens is 1120 g/mol. The van der Waals surface area contributed by atoms with Crippen LogP contribution >= 0.6 is 0 Å². The van der Waals surface area contributed by atoms with E-state index in [0.717, 1.165) is 0 Å². The van der Waals surface area contributed by atoms with E-state index in [9.17, 15) is 73.5 Å². The predicted octanol–water partition coefficient (Wildman–Crippen LogP) is 0.0228. The van der Waals surface area contributed by atoms with Gasteiger partial charge < -0.3 is 76.1 Å². The highest BCUT2D eigenvalue weighted by atomic mass is 16.7. The Balaban J connectivity index is 1.01. The molecule has 472 valence electrons. The lowest BCUT2D eigenvalue weighted by molar-refractivity contribution is -0.249. The number of phenols is 2. The number of aliphatic hydroxyl groups excluding tert-OH is 2. The molecule has 0 saturated carbocycles. The summed E-state index contributed by atoms with van der Waals surface area (Å²) in [6.45, 7) is 14.7. The van der Waals surface area contributed by atoms with Crippen molar-refractivity contribution in [3.05, 3.63) is 51.6 Å². The first kappa shape index (κ1) is 66.4. The normalized spacial score (nSPS) is 24.0. The number of carbonyl (C=O) groups is 10. The maximum atomic E-state index is 14.4. The van der Waals surface area contributed by atoms with E-state index in [-0.39, 0.29) is 89.8 Å². The van der Waals surface area contributed by atoms with Crippen LogP contribution in [0.4, 0.5) is 0 Å². The van der Waals surface area contributed by atoms with Crippen LogP contribution in [0.1, 0.15) is 149 Å². The van der Waals surface area contributed by atoms with Gasteiger partial charge in [-0.15, -0.1) is 0 Å². The predicted molar refractivity (Wildman–Crippen MR) is 306 cm³/mol. The van der Waals surface area contributed by atoms with Crippen LogP contribution in [0, 0.1) is 17.8 Å². The van der Waals surface area contributed by atoms with Gasteiger partial charge in [-0.25, -0.2) is 0 Å². The molecule has 0 bridgehead atoms. The summed E-state index contributed by atoms with van der Waals surface area (Å²) >= 11 is 0. The van der Waals surface area contributed by atoms with Crippen molar-refractivity contribution in [3.8, 4) is 17.2 Å². The van der Waals surface area contributed by atoms with Crippen LogP contribution in [0.2, 0.25) is 0 Å². The van der Waals surface area contributed by atoms with Crippen molar-refractivity contribution in [2.24, 2.45) is 17.8 Å². The molecule has 86 heavy (non-hydrogen) atoms. The van der Waals surface area contributed by atoms with E-state index in [1.165, 1.54) is 44.1 Å². The van der Waals surface area contributed by atoms with E-state index in [2.05, 4.69) is 26.6 Å². The molecule has 5 aliphatic rings. The number of carbonyl (C=O) groups excluding carboxylic acids is 10. The van der Waals surface area contributed by atoms with Gasteiger partial charge in [-0.2, -0.15) is 0 Å². The molecule has 26 nitrogen and oxygen atoms in total. The number of ketones is 3. The molecule has 2 aromatic rings. The monoisotopic (exact) mass is 1200 g/mol. The summed E-state index contributed by atoms with van der Waals surface area (Å²) < 4.78 is 17.8. The maximum Gasteiger partial charge on any atom is 0.243 e. The number of rotatable bonds is 23. The van der Waals surface area contributed by atoms with Gasteiger partial charge in [0, 0.05) is 75.6 Å². The van der Waals surface area contributed by atoms with Gasteiger partial charge >= 0.3 is 0 Å². The van der Waals surface area contributed by atoms with E-state index < -0.39 is 156 Å². The Hall–Kier alpha value is -7.10. The highest BCUT2D eigenvalue weighted by Crippen LogP contribution is 2.52. The van der Waals surface area contributed by atoms with Crippen LogP contribution in [0.15, 0.2) is 18.2 Å². The summed E-state index contributed by atoms with van der Waals surface area (Å²) in [7, 11) is 1.28. The number of aliphatic hydroxyl groups is 3. The Morgan fingerprint density at radius 1 is 0.791 bits per heavy atom. The molecule has 0 aromatic heterocycles. The Morgan fingerprint density at radius 3 is 2.01 bits per heavy atom. The number of methoxy groups -OCH3 is 1. The van der Waals surface area contributed by atoms with Gasteiger partial charge in [0.15, 0.2) is 17.9 Å². The highest BCUT2D eigenvalue weighted by molar-refractivity contribution is 6.31. The molecule has 26 heteroatoms. The van der Waals surface area contributed by atoms with Crippen molar-refractivity contribution in [2.75, 3.05) is 59.5 Å². The molecule has 3 fully saturated rings. The summed E-state index contributed by atoms with van der Waals surface area (Å²) in [6, 6.07) is -1.25. The van der Waals surface area contributed by atoms with Crippen molar-refractivity contribution in [2.45, 2.75) is 167 Å². The molecule has 3 aliphatic heterocycles. The van der Waals surface area contributed by atoms with E-state index in [1.807, 2.05) is 46.4 Å². The SMILES string of the molecule is COc1cccc2c1C(=O)c1c(O)c3c(c(O)c1C2=O)C[C@@](O)(C(=O)CO)C[C@@H]3O[C@H]1C[C@H](NC(=O)[C@H](CC(C)C)NC(=O)[C@H](CC(C)C)NC(=O)CNC(=O)[C@H](CC(C)C)NC(=O)[C@@H]2CCCN2C(=O)CN2CCN(C(C)=O)CC2)[C@H](O)[C@H](C)O1. The molecule has 0 unspecified atom stereocenters. The van der Waals surface area contributed by atoms with Crippen LogP contribution in [0.3, 0.4) is 0 Å². The third-order valence-electron chi connectivity index (χ3n) is 16.6. The zero-order chi connectivity index (χ0) is 63.2. The van der Waals surface area contributed by atoms with E-state index >= 15 is 0 Å². The lowest BCUT2D eigenvalue weighted by Crippen LogP contribution is -2.60. The lowest BCUT2D eigenvalue weighted by Gasteiger charge is -2.43. The summed E-state index contributed by atoms with van der Waals surface area (Å²) in [5.41, 5.74) is -4.51. The van der Waals surface area contributed by atoms with Crippen molar-refractivity contribution in [1.29, 1.82) is 0 Å². The standard InChI is InChI=1S/C60H84N8O18/c1-29(2)20-37(65-59(82)40-13-11-15-68(40)45(73)27-66-16-18-67(19-17-66)33(8)70)56(79)61-26-44(72)62-38(21-30(3)4)57(80)64-39(22-31(5)6)58(81)63-36-23-46(85-32(7)51(36)74)86-42-25-60(83,43(71)28-69)24-35-48(42)55(78)50-49(53(35)76)52(75)34-12-10-14-41(84-9)47(34)54(50)77/h10,12,14,29-32,36-40,42,46,51,69,74,76,78,83H,11,13,15-28H2,1-9H3,(H,61,79)(H,62,72)(H,63,81)(H,64,80)(H,65,82)/t32-,36-,37-,38-,39-,40-,42-,46-,51+,60-/m0/s1. The van der Waals surface area contributed by atoms with Crippen molar-refractivity contribution in [1.82, 2.24) is 41.3 Å². The number of piperazine rings is 1. The minimum Gasteiger partial charge on any atom is -0.507 e. The highest BCUT2D eigenvalue weighted by Gasteiger charge is 2.51. The second-order valence-corrected chi connectivity index (χ2v) is 24.5. The lowest BCUT2D eigenvalue weighted by atomic mass is 9.72. The van der Waals surface area contributed by atoms with Gasteiger partial charge in [0.2, 0.25) is 47.1 Å². The third kappa shape index (κ3) is 15.0. The average molecular weight is 1210 g/mol. The first-order valence-corrected chi connectivity index (χ1v) is 29.6. The largest absolute Gasteiger partial charge is 0.507 e. The number of fused-ring (bicyclic) bond motifs is 3. The van der Waals surface area contributed by atoms with Gasteiger partial charge in [0.25, 0.3) is 0 Å². The summed E-state index contributed by atoms with van der Waals surface area (Å²) in [5.74, 6) is -8.46. The number of aromatic hydroxyl groups is 2. The number of likely N-dealkylation sites (tertiary alicyclic amines) is 1. The fourth-order valence-electron chi connectivity index (χ4n) is 12.2. The van der Waals surface area contributed by atoms with E-state index in [1.54, 1.807) is 4.90 Å². The molecule has 3 saturated heterocycles. The Bertz CT molecular complexity index is 2940. The van der Waals surface area contributed by atoms with E-state index in [4.69, 9.17) is 14.2 Å². The molecule has 2 aromatic carbocycles. The van der Waals surface area contributed by atoms with Gasteiger partial charge in [-0.3, -0.25) is 52.8 Å². The number of hydrogen-bond donors (Lipinski definition) is 10. The third-order valence-corrected chi connectivity index (χ3v) is 16.6. The fourth-order valence-corrected chi connectivity index (χ4v) is 12.2. The molecule has 7 rings (SSSR count). The molecule has 10 atom stereocenters. The summed E-state index contributed by atoms with van der Waals surface area (Å²) in [5, 5.41) is 70.6. The molecule has 7 amide bonds. The molecule has 2 aliphatic carbocycles. The summed E-state index contributed by atoms with van der Waals surface area (Å²) in [4.78, 5) is 142. The van der Waals surface area contributed by atoms with Crippen LogP contribution in [-0.4, -0.2) is 213 Å². The Labute approximate surface area is 499 Å². The Morgan fingerprint density at radius 2 is 1.41 bits per heavy atom.